The van der Waals surface area contributed by atoms with Crippen LogP contribution in [0, 0.1) is 11.6 Å². The van der Waals surface area contributed by atoms with E-state index in [1.165, 1.54) is 0 Å². The van der Waals surface area contributed by atoms with Crippen molar-refractivity contribution in [3.63, 3.8) is 0 Å². The molecule has 156 valence electrons. The van der Waals surface area contributed by atoms with E-state index in [2.05, 4.69) is 15.8 Å². The van der Waals surface area contributed by atoms with Crippen molar-refractivity contribution >= 4 is 23.0 Å². The molecule has 4 amide bonds. The number of hydrogen-bond donors (Lipinski definition) is 2. The molecule has 1 saturated carbocycles. The van der Waals surface area contributed by atoms with E-state index in [-0.39, 0.29) is 36.3 Å². The Balaban J connectivity index is 1.45. The fraction of sp³-hybridized carbons (Fsp3) is 0.526. The third-order valence-corrected chi connectivity index (χ3v) is 5.46. The number of piperidine rings is 1. The van der Waals surface area contributed by atoms with Crippen molar-refractivity contribution in [2.75, 3.05) is 20.1 Å². The Morgan fingerprint density at radius 1 is 1.24 bits per heavy atom. The minimum atomic E-state index is -1.01. The van der Waals surface area contributed by atoms with Crippen molar-refractivity contribution in [2.24, 2.45) is 0 Å². The minimum absolute atomic E-state index is 0.0337. The number of urea groups is 2. The molecule has 0 radical (unpaired) electrons. The Morgan fingerprint density at radius 2 is 2.00 bits per heavy atom. The molecular weight excluding hydrogens is 384 g/mol. The summed E-state index contributed by atoms with van der Waals surface area (Å²) < 4.78 is 31.9. The van der Waals surface area contributed by atoms with E-state index >= 15 is 0 Å². The number of rotatable bonds is 4. The second kappa shape index (κ2) is 7.84. The second-order valence-corrected chi connectivity index (χ2v) is 7.49. The molecule has 1 atom stereocenters. The van der Waals surface area contributed by atoms with Crippen LogP contribution < -0.4 is 10.6 Å². The zero-order chi connectivity index (χ0) is 20.5. The van der Waals surface area contributed by atoms with E-state index in [1.54, 1.807) is 11.9 Å². The summed E-state index contributed by atoms with van der Waals surface area (Å²) in [6.45, 7) is 1.19. The highest BCUT2D eigenvalue weighted by Crippen LogP contribution is 2.31. The molecule has 1 aromatic carbocycles. The highest BCUT2D eigenvalue weighted by atomic mass is 19.2. The summed E-state index contributed by atoms with van der Waals surface area (Å²) in [5.41, 5.74) is 0.458. The fourth-order valence-electron chi connectivity index (χ4n) is 3.87. The maximum absolute atomic E-state index is 13.5. The highest BCUT2D eigenvalue weighted by Gasteiger charge is 2.39. The molecule has 4 rings (SSSR count). The number of benzene rings is 1. The molecular formula is C19H23F2N5O3. The van der Waals surface area contributed by atoms with Crippen LogP contribution in [0.2, 0.25) is 0 Å². The molecule has 2 aromatic rings. The van der Waals surface area contributed by atoms with Gasteiger partial charge < -0.3 is 25.0 Å². The predicted octanol–water partition coefficient (Wildman–Crippen LogP) is 2.58. The molecule has 2 aliphatic rings. The van der Waals surface area contributed by atoms with Crippen LogP contribution in [0.1, 0.15) is 31.4 Å². The Labute approximate surface area is 166 Å². The van der Waals surface area contributed by atoms with Gasteiger partial charge in [-0.25, -0.2) is 18.4 Å². The molecule has 8 nitrogen and oxygen atoms in total. The Kier molecular flexibility index (Phi) is 5.25. The third-order valence-electron chi connectivity index (χ3n) is 5.46. The summed E-state index contributed by atoms with van der Waals surface area (Å²) in [6.07, 6.45) is 3.52. The van der Waals surface area contributed by atoms with Gasteiger partial charge in [-0.05, 0) is 31.7 Å². The average Bonchev–Trinajstić information content (AvgIpc) is 3.48. The molecule has 1 aliphatic carbocycles. The van der Waals surface area contributed by atoms with Gasteiger partial charge in [-0.2, -0.15) is 0 Å². The van der Waals surface area contributed by atoms with Gasteiger partial charge in [0.25, 0.3) is 0 Å². The number of amides is 4. The Hall–Kier alpha value is -2.91. The van der Waals surface area contributed by atoms with Crippen molar-refractivity contribution < 1.29 is 22.9 Å². The summed E-state index contributed by atoms with van der Waals surface area (Å²) in [5, 5.41) is 9.60. The lowest BCUT2D eigenvalue weighted by molar-refractivity contribution is 0.116. The van der Waals surface area contributed by atoms with Crippen molar-refractivity contribution in [3.8, 4) is 0 Å². The zero-order valence-electron chi connectivity index (χ0n) is 16.1. The number of halogens is 2. The third kappa shape index (κ3) is 3.96. The topological polar surface area (TPSA) is 90.7 Å². The van der Waals surface area contributed by atoms with Crippen LogP contribution in [0.25, 0.3) is 11.0 Å². The molecule has 2 heterocycles. The lowest BCUT2D eigenvalue weighted by Gasteiger charge is -2.39. The van der Waals surface area contributed by atoms with Gasteiger partial charge in [0, 0.05) is 37.6 Å². The SMILES string of the molecule is CNC(=O)N1CCC[C@@H](N(C(=O)NCc2noc3cc(F)c(F)cc23)C2CC2)C1. The summed E-state index contributed by atoms with van der Waals surface area (Å²) in [4.78, 5) is 28.4. The maximum atomic E-state index is 13.5. The zero-order valence-corrected chi connectivity index (χ0v) is 16.1. The van der Waals surface area contributed by atoms with Gasteiger partial charge in [0.15, 0.2) is 17.2 Å². The quantitative estimate of drug-likeness (QED) is 0.815. The average molecular weight is 407 g/mol. The maximum Gasteiger partial charge on any atom is 0.318 e. The summed E-state index contributed by atoms with van der Waals surface area (Å²) >= 11 is 0. The Bertz CT molecular complexity index is 930. The van der Waals surface area contributed by atoms with Crippen LogP contribution in [-0.2, 0) is 6.54 Å². The lowest BCUT2D eigenvalue weighted by atomic mass is 10.0. The number of carbonyl (C=O) groups excluding carboxylic acids is 2. The molecule has 0 spiro atoms. The van der Waals surface area contributed by atoms with E-state index < -0.39 is 11.6 Å². The molecule has 29 heavy (non-hydrogen) atoms. The van der Waals surface area contributed by atoms with E-state index in [1.807, 2.05) is 4.90 Å². The number of likely N-dealkylation sites (tertiary alicyclic amines) is 1. The van der Waals surface area contributed by atoms with Gasteiger partial charge in [0.05, 0.1) is 12.6 Å². The van der Waals surface area contributed by atoms with Gasteiger partial charge in [-0.15, -0.1) is 0 Å². The molecule has 2 N–H and O–H groups in total. The first-order valence-corrected chi connectivity index (χ1v) is 9.74. The standard InChI is InChI=1S/C19H23F2N5O3/c1-22-18(27)25-6-2-3-12(10-25)26(11-4-5-11)19(28)23-9-16-13-7-14(20)15(21)8-17(13)29-24-16/h7-8,11-12H,2-6,9-10H2,1H3,(H,22,27)(H,23,28)/t12-/m1/s1. The molecule has 0 bridgehead atoms. The van der Waals surface area contributed by atoms with Crippen LogP contribution in [0.5, 0.6) is 0 Å². The van der Waals surface area contributed by atoms with Crippen LogP contribution in [0.3, 0.4) is 0 Å². The van der Waals surface area contributed by atoms with Crippen molar-refractivity contribution in [3.05, 3.63) is 29.5 Å². The number of nitrogens with zero attached hydrogens (tertiary/aromatic N) is 3. The van der Waals surface area contributed by atoms with Gasteiger partial charge in [-0.1, -0.05) is 5.16 Å². The number of carbonyl (C=O) groups is 2. The smallest absolute Gasteiger partial charge is 0.318 e. The summed E-state index contributed by atoms with van der Waals surface area (Å²) in [5.74, 6) is -2.01. The summed E-state index contributed by atoms with van der Waals surface area (Å²) in [6, 6.07) is 1.65. The van der Waals surface area contributed by atoms with Crippen LogP contribution in [0.15, 0.2) is 16.7 Å². The first kappa shape index (κ1) is 19.4. The van der Waals surface area contributed by atoms with E-state index in [0.29, 0.717) is 24.2 Å². The van der Waals surface area contributed by atoms with E-state index in [0.717, 1.165) is 37.8 Å². The normalized spacial score (nSPS) is 19.3. The van der Waals surface area contributed by atoms with E-state index in [9.17, 15) is 18.4 Å². The van der Waals surface area contributed by atoms with Crippen LogP contribution in [-0.4, -0.2) is 59.2 Å². The summed E-state index contributed by atoms with van der Waals surface area (Å²) in [7, 11) is 1.59. The van der Waals surface area contributed by atoms with Gasteiger partial charge in [0.2, 0.25) is 0 Å². The van der Waals surface area contributed by atoms with Crippen molar-refractivity contribution in [2.45, 2.75) is 44.3 Å². The van der Waals surface area contributed by atoms with Crippen molar-refractivity contribution in [1.29, 1.82) is 0 Å². The molecule has 1 aliphatic heterocycles. The lowest BCUT2D eigenvalue weighted by Crippen LogP contribution is -2.56. The Morgan fingerprint density at radius 3 is 2.72 bits per heavy atom. The molecule has 1 saturated heterocycles. The monoisotopic (exact) mass is 407 g/mol. The number of hydrogen-bond acceptors (Lipinski definition) is 4. The second-order valence-electron chi connectivity index (χ2n) is 7.49. The van der Waals surface area contributed by atoms with Crippen LogP contribution in [0.4, 0.5) is 18.4 Å². The highest BCUT2D eigenvalue weighted by molar-refractivity contribution is 5.81. The first-order chi connectivity index (χ1) is 14.0. The first-order valence-electron chi connectivity index (χ1n) is 9.74. The number of fused-ring (bicyclic) bond motifs is 1. The molecule has 0 unspecified atom stereocenters. The molecule has 10 heteroatoms. The molecule has 2 fully saturated rings. The van der Waals surface area contributed by atoms with Gasteiger partial charge >= 0.3 is 12.1 Å². The van der Waals surface area contributed by atoms with Crippen LogP contribution >= 0.6 is 0 Å². The fourth-order valence-corrected chi connectivity index (χ4v) is 3.87. The number of nitrogens with one attached hydrogen (secondary N) is 2. The minimum Gasteiger partial charge on any atom is -0.356 e. The van der Waals surface area contributed by atoms with E-state index in [4.69, 9.17) is 4.52 Å². The molecule has 1 aromatic heterocycles. The van der Waals surface area contributed by atoms with Gasteiger partial charge in [0.1, 0.15) is 5.69 Å². The largest absolute Gasteiger partial charge is 0.356 e. The number of aromatic nitrogens is 1. The van der Waals surface area contributed by atoms with Crippen molar-refractivity contribution in [1.82, 2.24) is 25.6 Å². The predicted molar refractivity (Wildman–Crippen MR) is 100 cm³/mol. The van der Waals surface area contributed by atoms with Gasteiger partial charge in [-0.3, -0.25) is 0 Å².